The third kappa shape index (κ3) is 5.93. The van der Waals surface area contributed by atoms with Crippen LogP contribution in [0.25, 0.3) is 0 Å². The summed E-state index contributed by atoms with van der Waals surface area (Å²) in [5, 5.41) is 0. The van der Waals surface area contributed by atoms with Gasteiger partial charge in [-0.05, 0) is 46.5 Å². The van der Waals surface area contributed by atoms with E-state index in [9.17, 15) is 0 Å². The van der Waals surface area contributed by atoms with Crippen molar-refractivity contribution in [3.63, 3.8) is 0 Å². The number of benzene rings is 1. The Morgan fingerprint density at radius 1 is 1.32 bits per heavy atom. The first-order valence-corrected chi connectivity index (χ1v) is 7.79. The van der Waals surface area contributed by atoms with Gasteiger partial charge in [-0.15, -0.1) is 0 Å². The van der Waals surface area contributed by atoms with Gasteiger partial charge in [0.2, 0.25) is 0 Å². The third-order valence-corrected chi connectivity index (χ3v) is 3.96. The van der Waals surface area contributed by atoms with Crippen LogP contribution in [0.5, 0.6) is 5.75 Å². The maximum Gasteiger partial charge on any atom is 0.133 e. The second-order valence-electron chi connectivity index (χ2n) is 4.89. The Kier molecular flexibility index (Phi) is 8.10. The molecule has 3 N–H and O–H groups in total. The van der Waals surface area contributed by atoms with E-state index in [1.165, 1.54) is 31.2 Å². The lowest BCUT2D eigenvalue weighted by Crippen LogP contribution is -2.36. The number of hydrazine groups is 1. The number of halogens is 1. The summed E-state index contributed by atoms with van der Waals surface area (Å²) in [5.74, 6) is 6.51. The predicted octanol–water partition coefficient (Wildman–Crippen LogP) is 3.80. The van der Waals surface area contributed by atoms with Gasteiger partial charge >= 0.3 is 0 Å². The second-order valence-corrected chi connectivity index (χ2v) is 5.74. The Bertz CT molecular complexity index is 371. The number of ether oxygens (including phenoxy) is 1. The molecule has 0 aliphatic rings. The van der Waals surface area contributed by atoms with Gasteiger partial charge < -0.3 is 4.74 Å². The van der Waals surface area contributed by atoms with E-state index in [0.29, 0.717) is 6.04 Å². The molecule has 1 aromatic rings. The molecule has 0 amide bonds. The van der Waals surface area contributed by atoms with Gasteiger partial charge in [0.1, 0.15) is 5.75 Å². The van der Waals surface area contributed by atoms with Crippen molar-refractivity contribution in [2.45, 2.75) is 51.5 Å². The van der Waals surface area contributed by atoms with Crippen LogP contribution in [0.2, 0.25) is 0 Å². The van der Waals surface area contributed by atoms with Crippen molar-refractivity contribution in [2.75, 3.05) is 7.11 Å². The molecule has 0 bridgehead atoms. The van der Waals surface area contributed by atoms with E-state index in [1.807, 2.05) is 6.07 Å². The molecular formula is C15H25BrN2O. The first-order chi connectivity index (χ1) is 9.21. The first kappa shape index (κ1) is 16.5. The lowest BCUT2D eigenvalue weighted by molar-refractivity contribution is 0.411. The number of unbranched alkanes of at least 4 members (excludes halogenated alkanes) is 3. The van der Waals surface area contributed by atoms with Crippen LogP contribution < -0.4 is 16.0 Å². The summed E-state index contributed by atoms with van der Waals surface area (Å²) in [5.41, 5.74) is 4.20. The number of methoxy groups -OCH3 is 1. The van der Waals surface area contributed by atoms with Crippen LogP contribution in [-0.4, -0.2) is 13.2 Å². The zero-order valence-corrected chi connectivity index (χ0v) is 13.5. The summed E-state index contributed by atoms with van der Waals surface area (Å²) in [4.78, 5) is 0. The summed E-state index contributed by atoms with van der Waals surface area (Å²) < 4.78 is 6.23. The Hall–Kier alpha value is -0.580. The van der Waals surface area contributed by atoms with Crippen LogP contribution in [0.15, 0.2) is 22.7 Å². The standard InChI is InChI=1S/C15H25BrN2O/c1-3-4-5-6-7-13(18-17)10-12-8-9-15(19-2)14(16)11-12/h8-9,11,13,18H,3-7,10,17H2,1-2H3. The summed E-state index contributed by atoms with van der Waals surface area (Å²) in [6.45, 7) is 2.23. The monoisotopic (exact) mass is 328 g/mol. The molecule has 0 aliphatic heterocycles. The summed E-state index contributed by atoms with van der Waals surface area (Å²) in [6, 6.07) is 6.54. The van der Waals surface area contributed by atoms with Gasteiger partial charge in [0.05, 0.1) is 11.6 Å². The van der Waals surface area contributed by atoms with Crippen molar-refractivity contribution in [2.24, 2.45) is 5.84 Å². The second kappa shape index (κ2) is 9.34. The van der Waals surface area contributed by atoms with Crippen LogP contribution in [0, 0.1) is 0 Å². The van der Waals surface area contributed by atoms with E-state index in [4.69, 9.17) is 10.6 Å². The number of rotatable bonds is 9. The molecule has 0 saturated heterocycles. The Morgan fingerprint density at radius 2 is 2.11 bits per heavy atom. The molecule has 1 unspecified atom stereocenters. The molecule has 1 aromatic carbocycles. The average Bonchev–Trinajstić information content (AvgIpc) is 2.42. The minimum atomic E-state index is 0.345. The number of hydrogen-bond donors (Lipinski definition) is 2. The molecule has 19 heavy (non-hydrogen) atoms. The minimum absolute atomic E-state index is 0.345. The Labute approximate surface area is 125 Å². The largest absolute Gasteiger partial charge is 0.496 e. The number of hydrogen-bond acceptors (Lipinski definition) is 3. The molecule has 0 radical (unpaired) electrons. The van der Waals surface area contributed by atoms with Crippen LogP contribution in [0.1, 0.15) is 44.6 Å². The summed E-state index contributed by atoms with van der Waals surface area (Å²) >= 11 is 3.52. The molecule has 108 valence electrons. The highest BCUT2D eigenvalue weighted by molar-refractivity contribution is 9.10. The molecule has 0 aromatic heterocycles. The maximum atomic E-state index is 5.64. The summed E-state index contributed by atoms with van der Waals surface area (Å²) in [7, 11) is 1.68. The highest BCUT2D eigenvalue weighted by Crippen LogP contribution is 2.26. The molecule has 4 heteroatoms. The van der Waals surface area contributed by atoms with Gasteiger partial charge in [-0.25, -0.2) is 0 Å². The lowest BCUT2D eigenvalue weighted by atomic mass is 10.0. The van der Waals surface area contributed by atoms with Crippen molar-refractivity contribution >= 4 is 15.9 Å². The van der Waals surface area contributed by atoms with Gasteiger partial charge in [-0.2, -0.15) is 0 Å². The van der Waals surface area contributed by atoms with Crippen LogP contribution in [-0.2, 0) is 6.42 Å². The van der Waals surface area contributed by atoms with Crippen molar-refractivity contribution in [1.29, 1.82) is 0 Å². The molecule has 0 aliphatic carbocycles. The van der Waals surface area contributed by atoms with Crippen molar-refractivity contribution in [3.8, 4) is 5.75 Å². The highest BCUT2D eigenvalue weighted by Gasteiger charge is 2.09. The van der Waals surface area contributed by atoms with E-state index >= 15 is 0 Å². The zero-order valence-electron chi connectivity index (χ0n) is 11.9. The molecule has 0 heterocycles. The van der Waals surface area contributed by atoms with Gasteiger partial charge in [-0.3, -0.25) is 11.3 Å². The third-order valence-electron chi connectivity index (χ3n) is 3.34. The summed E-state index contributed by atoms with van der Waals surface area (Å²) in [6.07, 6.45) is 7.18. The zero-order chi connectivity index (χ0) is 14.1. The van der Waals surface area contributed by atoms with Crippen LogP contribution >= 0.6 is 15.9 Å². The first-order valence-electron chi connectivity index (χ1n) is 6.99. The minimum Gasteiger partial charge on any atom is -0.496 e. The number of nitrogens with two attached hydrogens (primary N) is 1. The van der Waals surface area contributed by atoms with Crippen molar-refractivity contribution < 1.29 is 4.74 Å². The fraction of sp³-hybridized carbons (Fsp3) is 0.600. The normalized spacial score (nSPS) is 12.4. The van der Waals surface area contributed by atoms with Crippen molar-refractivity contribution in [3.05, 3.63) is 28.2 Å². The lowest BCUT2D eigenvalue weighted by Gasteiger charge is -2.16. The molecule has 3 nitrogen and oxygen atoms in total. The quantitative estimate of drug-likeness (QED) is 0.411. The topological polar surface area (TPSA) is 47.3 Å². The molecule has 1 atom stereocenters. The van der Waals surface area contributed by atoms with Crippen LogP contribution in [0.4, 0.5) is 0 Å². The van der Waals surface area contributed by atoms with Gasteiger partial charge in [-0.1, -0.05) is 38.7 Å². The van der Waals surface area contributed by atoms with E-state index in [2.05, 4.69) is 40.4 Å². The predicted molar refractivity (Wildman–Crippen MR) is 84.3 cm³/mol. The average molecular weight is 329 g/mol. The maximum absolute atomic E-state index is 5.64. The molecule has 0 saturated carbocycles. The fourth-order valence-electron chi connectivity index (χ4n) is 2.18. The van der Waals surface area contributed by atoms with Gasteiger partial charge in [0.15, 0.2) is 0 Å². The van der Waals surface area contributed by atoms with Crippen LogP contribution in [0.3, 0.4) is 0 Å². The number of nitrogens with one attached hydrogen (secondary N) is 1. The Morgan fingerprint density at radius 3 is 2.68 bits per heavy atom. The molecule has 0 spiro atoms. The van der Waals surface area contributed by atoms with Gasteiger partial charge in [0, 0.05) is 6.04 Å². The van der Waals surface area contributed by atoms with E-state index in [1.54, 1.807) is 7.11 Å². The smallest absolute Gasteiger partial charge is 0.133 e. The Balaban J connectivity index is 2.48. The molecule has 0 fully saturated rings. The molecule has 1 rings (SSSR count). The molecular weight excluding hydrogens is 304 g/mol. The van der Waals surface area contributed by atoms with E-state index < -0.39 is 0 Å². The van der Waals surface area contributed by atoms with E-state index in [0.717, 1.165) is 23.1 Å². The SMILES string of the molecule is CCCCCCC(Cc1ccc(OC)c(Br)c1)NN. The highest BCUT2D eigenvalue weighted by atomic mass is 79.9. The van der Waals surface area contributed by atoms with Crippen molar-refractivity contribution in [1.82, 2.24) is 5.43 Å². The fourth-order valence-corrected chi connectivity index (χ4v) is 2.77. The van der Waals surface area contributed by atoms with E-state index in [-0.39, 0.29) is 0 Å². The van der Waals surface area contributed by atoms with Gasteiger partial charge in [0.25, 0.3) is 0 Å².